The average molecular weight is 597 g/mol. The summed E-state index contributed by atoms with van der Waals surface area (Å²) in [6, 6.07) is 15.1. The molecule has 224 valence electrons. The maximum absolute atomic E-state index is 14.1. The van der Waals surface area contributed by atoms with E-state index in [-0.39, 0.29) is 17.7 Å². The van der Waals surface area contributed by atoms with Crippen molar-refractivity contribution in [3.8, 4) is 5.75 Å². The minimum absolute atomic E-state index is 0.141. The topological polar surface area (TPSA) is 143 Å². The zero-order valence-electron chi connectivity index (χ0n) is 23.8. The molecule has 3 aliphatic rings. The first-order valence-electron chi connectivity index (χ1n) is 14.4. The summed E-state index contributed by atoms with van der Waals surface area (Å²) in [5.74, 6) is -3.85. The number of amides is 2. The molecule has 0 spiro atoms. The summed E-state index contributed by atoms with van der Waals surface area (Å²) < 4.78 is 20.1. The molecule has 2 amide bonds. The summed E-state index contributed by atoms with van der Waals surface area (Å²) in [6.45, 7) is 1.91. The van der Waals surface area contributed by atoms with Gasteiger partial charge >= 0.3 is 7.12 Å². The summed E-state index contributed by atoms with van der Waals surface area (Å²) in [6.07, 6.45) is 4.21. The molecule has 44 heavy (non-hydrogen) atoms. The third-order valence-corrected chi connectivity index (χ3v) is 8.73. The number of allylic oxidation sites excluding steroid dienone is 2. The third-order valence-electron chi connectivity index (χ3n) is 8.73. The molecule has 4 atom stereocenters. The number of nitro benzene ring substituents is 1. The predicted octanol–water partition coefficient (Wildman–Crippen LogP) is 5.18. The second kappa shape index (κ2) is 11.8. The summed E-state index contributed by atoms with van der Waals surface area (Å²) >= 11 is 0. The van der Waals surface area contributed by atoms with E-state index >= 15 is 0 Å². The maximum atomic E-state index is 14.1. The van der Waals surface area contributed by atoms with E-state index in [4.69, 9.17) is 4.65 Å². The van der Waals surface area contributed by atoms with Gasteiger partial charge in [-0.05, 0) is 91.5 Å². The lowest BCUT2D eigenvalue weighted by molar-refractivity contribution is -0.384. The molecule has 1 aromatic heterocycles. The van der Waals surface area contributed by atoms with Crippen molar-refractivity contribution in [1.82, 2.24) is 4.98 Å². The second-order valence-electron chi connectivity index (χ2n) is 11.4. The van der Waals surface area contributed by atoms with E-state index < -0.39 is 59.3 Å². The van der Waals surface area contributed by atoms with Gasteiger partial charge in [-0.15, -0.1) is 0 Å². The van der Waals surface area contributed by atoms with Gasteiger partial charge in [0.15, 0.2) is 11.6 Å². The molecule has 2 fully saturated rings. The summed E-state index contributed by atoms with van der Waals surface area (Å²) in [4.78, 5) is 43.7. The van der Waals surface area contributed by atoms with Crippen LogP contribution in [0, 0.1) is 33.7 Å². The molecule has 2 aliphatic heterocycles. The van der Waals surface area contributed by atoms with Gasteiger partial charge in [-0.1, -0.05) is 23.8 Å². The van der Waals surface area contributed by atoms with E-state index in [1.165, 1.54) is 36.4 Å². The van der Waals surface area contributed by atoms with Crippen molar-refractivity contribution in [1.29, 1.82) is 0 Å². The van der Waals surface area contributed by atoms with E-state index in [0.29, 0.717) is 30.5 Å². The Morgan fingerprint density at radius 3 is 2.70 bits per heavy atom. The van der Waals surface area contributed by atoms with Gasteiger partial charge in [0.25, 0.3) is 5.69 Å². The van der Waals surface area contributed by atoms with Crippen LogP contribution in [0.5, 0.6) is 5.75 Å². The van der Waals surface area contributed by atoms with Gasteiger partial charge in [-0.25, -0.2) is 9.29 Å². The molecule has 0 bridgehead atoms. The Balaban J connectivity index is 1.29. The highest BCUT2D eigenvalue weighted by Crippen LogP contribution is 2.51. The standard InChI is InChI=1S/C32H29BFN3O7/c1-18-13-23-30(32(40)36(31(23)39)21-5-4-6-22(16-21)37(42)43)24-17-33(41)44-28(29(18)24)11-9-20(26-7-2-3-12-35-26)14-19-8-10-27(38)25(34)15-19/h2-8,10,12,14-16,23-24,28,30,38,41H,9,11,13,17H2,1H3/b20-14-/t23-,24+,28-,30-/m1/s1. The van der Waals surface area contributed by atoms with Crippen LogP contribution in [0.3, 0.4) is 0 Å². The molecule has 6 rings (SSSR count). The number of phenolic OH excluding ortho intramolecular Hbond substituents is 1. The van der Waals surface area contributed by atoms with Crippen molar-refractivity contribution in [2.45, 2.75) is 38.6 Å². The highest BCUT2D eigenvalue weighted by atomic mass is 19.1. The van der Waals surface area contributed by atoms with Crippen LogP contribution in [0.2, 0.25) is 6.32 Å². The van der Waals surface area contributed by atoms with Crippen molar-refractivity contribution in [2.75, 3.05) is 4.90 Å². The Morgan fingerprint density at radius 1 is 1.16 bits per heavy atom. The minimum atomic E-state index is -1.16. The number of imide groups is 1. The number of rotatable bonds is 7. The number of carbonyl (C=O) groups is 2. The number of halogens is 1. The number of aromatic hydroxyl groups is 1. The molecule has 2 saturated heterocycles. The number of hydrogen-bond donors (Lipinski definition) is 2. The fourth-order valence-electron chi connectivity index (χ4n) is 6.85. The fraction of sp³-hybridized carbons (Fsp3) is 0.281. The number of fused-ring (bicyclic) bond motifs is 3. The molecular formula is C32H29BFN3O7. The number of phenols is 1. The van der Waals surface area contributed by atoms with Crippen molar-refractivity contribution in [3.05, 3.63) is 105 Å². The molecule has 0 saturated carbocycles. The number of non-ortho nitro benzene ring substituents is 1. The Morgan fingerprint density at radius 2 is 1.98 bits per heavy atom. The molecule has 3 heterocycles. The number of aromatic nitrogens is 1. The monoisotopic (exact) mass is 597 g/mol. The van der Waals surface area contributed by atoms with E-state index in [9.17, 15) is 34.2 Å². The number of nitro groups is 1. The number of nitrogens with zero attached hydrogens (tertiary/aromatic N) is 3. The first-order chi connectivity index (χ1) is 21.1. The molecular weight excluding hydrogens is 568 g/mol. The summed E-state index contributed by atoms with van der Waals surface area (Å²) in [5, 5.41) is 31.8. The van der Waals surface area contributed by atoms with Gasteiger partial charge in [0, 0.05) is 18.3 Å². The van der Waals surface area contributed by atoms with E-state index in [2.05, 4.69) is 4.98 Å². The van der Waals surface area contributed by atoms with Gasteiger partial charge in [0.1, 0.15) is 0 Å². The van der Waals surface area contributed by atoms with Gasteiger partial charge in [-0.3, -0.25) is 24.7 Å². The van der Waals surface area contributed by atoms with Crippen LogP contribution in [0.25, 0.3) is 11.6 Å². The summed E-state index contributed by atoms with van der Waals surface area (Å²) in [5.41, 5.74) is 3.73. The first-order valence-corrected chi connectivity index (χ1v) is 14.4. The quantitative estimate of drug-likeness (QED) is 0.125. The smallest absolute Gasteiger partial charge is 0.455 e. The summed E-state index contributed by atoms with van der Waals surface area (Å²) in [7, 11) is -1.16. The molecule has 0 radical (unpaired) electrons. The van der Waals surface area contributed by atoms with Crippen molar-refractivity contribution in [2.24, 2.45) is 17.8 Å². The SMILES string of the molecule is CC1=C2[C@@H](CC/C(=C/c3ccc(O)c(F)c3)c3ccccn3)OB(O)C[C@@H]2[C@@H]2C(=O)N(c3cccc([N+](=O)[O-])c3)C(=O)[C@@H]2C1. The Kier molecular flexibility index (Phi) is 7.87. The first kappa shape index (κ1) is 29.4. The highest BCUT2D eigenvalue weighted by molar-refractivity contribution is 6.43. The second-order valence-corrected chi connectivity index (χ2v) is 11.4. The van der Waals surface area contributed by atoms with Crippen LogP contribution in [0.1, 0.15) is 37.4 Å². The number of benzene rings is 2. The molecule has 3 aromatic rings. The zero-order chi connectivity index (χ0) is 31.1. The van der Waals surface area contributed by atoms with Crippen LogP contribution in [0.4, 0.5) is 15.8 Å². The normalized spacial score (nSPS) is 23.6. The van der Waals surface area contributed by atoms with E-state index in [1.54, 1.807) is 24.4 Å². The van der Waals surface area contributed by atoms with Crippen molar-refractivity contribution < 1.29 is 33.7 Å². The minimum Gasteiger partial charge on any atom is -0.505 e. The number of hydrogen-bond acceptors (Lipinski definition) is 8. The molecule has 2 aromatic carbocycles. The fourth-order valence-corrected chi connectivity index (χ4v) is 6.85. The lowest BCUT2D eigenvalue weighted by atomic mass is 9.58. The molecule has 12 heteroatoms. The molecule has 2 N–H and O–H groups in total. The van der Waals surface area contributed by atoms with Crippen LogP contribution in [-0.4, -0.2) is 45.1 Å². The van der Waals surface area contributed by atoms with Crippen molar-refractivity contribution >= 4 is 42.0 Å². The molecule has 0 unspecified atom stereocenters. The zero-order valence-corrected chi connectivity index (χ0v) is 23.8. The highest BCUT2D eigenvalue weighted by Gasteiger charge is 2.57. The Labute approximate surface area is 252 Å². The largest absolute Gasteiger partial charge is 0.505 e. The van der Waals surface area contributed by atoms with Gasteiger partial charge in [0.05, 0.1) is 34.2 Å². The van der Waals surface area contributed by atoms with Crippen LogP contribution < -0.4 is 4.90 Å². The number of anilines is 1. The van der Waals surface area contributed by atoms with Gasteiger partial charge < -0.3 is 14.8 Å². The van der Waals surface area contributed by atoms with E-state index in [0.717, 1.165) is 21.6 Å². The van der Waals surface area contributed by atoms with Gasteiger partial charge in [-0.2, -0.15) is 0 Å². The average Bonchev–Trinajstić information content (AvgIpc) is 3.26. The lowest BCUT2D eigenvalue weighted by Gasteiger charge is -2.42. The molecule has 10 nitrogen and oxygen atoms in total. The maximum Gasteiger partial charge on any atom is 0.455 e. The molecule has 1 aliphatic carbocycles. The van der Waals surface area contributed by atoms with Crippen molar-refractivity contribution in [3.63, 3.8) is 0 Å². The van der Waals surface area contributed by atoms with Crippen LogP contribution >= 0.6 is 0 Å². The van der Waals surface area contributed by atoms with E-state index in [1.807, 2.05) is 19.1 Å². The predicted molar refractivity (Wildman–Crippen MR) is 160 cm³/mol. The van der Waals surface area contributed by atoms with Crippen LogP contribution in [0.15, 0.2) is 78.0 Å². The van der Waals surface area contributed by atoms with Crippen LogP contribution in [-0.2, 0) is 14.2 Å². The third kappa shape index (κ3) is 5.42. The Hall–Kier alpha value is -4.68. The van der Waals surface area contributed by atoms with Gasteiger partial charge in [0.2, 0.25) is 11.8 Å². The lowest BCUT2D eigenvalue weighted by Crippen LogP contribution is -2.46. The Bertz CT molecular complexity index is 1710. The number of pyridine rings is 1. The number of carbonyl (C=O) groups excluding carboxylic acids is 2.